The van der Waals surface area contributed by atoms with E-state index >= 15 is 0 Å². The molecule has 0 bridgehead atoms. The second-order valence-electron chi connectivity index (χ2n) is 6.92. The summed E-state index contributed by atoms with van der Waals surface area (Å²) in [5.41, 5.74) is 4.66. The number of esters is 1. The lowest BCUT2D eigenvalue weighted by atomic mass is 10.2. The number of anilines is 1. The summed E-state index contributed by atoms with van der Waals surface area (Å²) in [6.45, 7) is 9.32. The van der Waals surface area contributed by atoms with E-state index in [-0.39, 0.29) is 5.97 Å². The van der Waals surface area contributed by atoms with E-state index in [4.69, 9.17) is 9.72 Å². The van der Waals surface area contributed by atoms with Crippen molar-refractivity contribution >= 4 is 22.4 Å². The van der Waals surface area contributed by atoms with Gasteiger partial charge >= 0.3 is 5.97 Å². The molecule has 142 valence electrons. The summed E-state index contributed by atoms with van der Waals surface area (Å²) >= 11 is 1.73. The summed E-state index contributed by atoms with van der Waals surface area (Å²) in [5.74, 6) is -0.149. The fourth-order valence-corrected chi connectivity index (χ4v) is 4.30. The van der Waals surface area contributed by atoms with Crippen LogP contribution in [0.2, 0.25) is 0 Å². The molecule has 2 aromatic heterocycles. The van der Waals surface area contributed by atoms with Crippen LogP contribution in [0.1, 0.15) is 24.2 Å². The van der Waals surface area contributed by atoms with Crippen molar-refractivity contribution in [2.24, 2.45) is 0 Å². The molecular weight excluding hydrogens is 348 g/mol. The summed E-state index contributed by atoms with van der Waals surface area (Å²) in [6, 6.07) is 2.20. The second-order valence-corrected chi connectivity index (χ2v) is 7.76. The number of nitrogens with zero attached hydrogens (tertiary/aromatic N) is 4. The van der Waals surface area contributed by atoms with E-state index in [2.05, 4.69) is 46.7 Å². The Balaban J connectivity index is 1.72. The minimum Gasteiger partial charge on any atom is -0.469 e. The maximum absolute atomic E-state index is 11.3. The van der Waals surface area contributed by atoms with E-state index in [0.717, 1.165) is 50.0 Å². The third-order valence-corrected chi connectivity index (χ3v) is 6.01. The predicted octanol–water partition coefficient (Wildman–Crippen LogP) is 2.93. The van der Waals surface area contributed by atoms with E-state index in [1.807, 2.05) is 0 Å². The molecule has 0 N–H and O–H groups in total. The lowest BCUT2D eigenvalue weighted by molar-refractivity contribution is -0.140. The number of piperazine rings is 1. The van der Waals surface area contributed by atoms with Crippen molar-refractivity contribution < 1.29 is 9.53 Å². The molecule has 2 aromatic rings. The zero-order valence-corrected chi connectivity index (χ0v) is 16.9. The predicted molar refractivity (Wildman–Crippen MR) is 106 cm³/mol. The van der Waals surface area contributed by atoms with E-state index in [1.165, 1.54) is 24.1 Å². The number of hydrogen-bond donors (Lipinski definition) is 0. The van der Waals surface area contributed by atoms with Crippen LogP contribution < -0.4 is 4.90 Å². The first-order chi connectivity index (χ1) is 12.5. The van der Waals surface area contributed by atoms with Crippen LogP contribution in [0, 0.1) is 13.8 Å². The highest BCUT2D eigenvalue weighted by molar-refractivity contribution is 7.14. The van der Waals surface area contributed by atoms with Gasteiger partial charge in [-0.15, -0.1) is 11.3 Å². The highest BCUT2D eigenvalue weighted by Crippen LogP contribution is 2.32. The standard InChI is InChI=1S/C19H28N4O2S/c1-14-12-16(15(2)23(14)7-5-6-18(24)25-4)17-13-26-19(20-17)22-10-8-21(3)9-11-22/h12-13H,5-11H2,1-4H3. The molecule has 26 heavy (non-hydrogen) atoms. The Hall–Kier alpha value is -1.86. The van der Waals surface area contributed by atoms with Crippen LogP contribution in [0.3, 0.4) is 0 Å². The van der Waals surface area contributed by atoms with Gasteiger partial charge in [0.05, 0.1) is 12.8 Å². The van der Waals surface area contributed by atoms with Gasteiger partial charge in [-0.1, -0.05) is 0 Å². The number of thiazole rings is 1. The molecule has 1 aliphatic rings. The molecule has 1 fully saturated rings. The van der Waals surface area contributed by atoms with Crippen molar-refractivity contribution in [2.75, 3.05) is 45.2 Å². The first-order valence-electron chi connectivity index (χ1n) is 9.12. The average molecular weight is 377 g/mol. The molecule has 0 aromatic carbocycles. The topological polar surface area (TPSA) is 50.6 Å². The molecule has 0 aliphatic carbocycles. The number of ether oxygens (including phenoxy) is 1. The summed E-state index contributed by atoms with van der Waals surface area (Å²) in [6.07, 6.45) is 1.24. The van der Waals surface area contributed by atoms with E-state index in [9.17, 15) is 4.79 Å². The van der Waals surface area contributed by atoms with Gasteiger partial charge in [0, 0.05) is 61.5 Å². The minimum atomic E-state index is -0.149. The number of hydrogen-bond acceptors (Lipinski definition) is 6. The highest BCUT2D eigenvalue weighted by Gasteiger charge is 2.19. The Morgan fingerprint density at radius 2 is 2.00 bits per heavy atom. The van der Waals surface area contributed by atoms with Gasteiger partial charge < -0.3 is 19.1 Å². The molecule has 6 nitrogen and oxygen atoms in total. The average Bonchev–Trinajstić information content (AvgIpc) is 3.22. The Bertz CT molecular complexity index is 760. The summed E-state index contributed by atoms with van der Waals surface area (Å²) in [5, 5.41) is 3.28. The number of rotatable bonds is 6. The van der Waals surface area contributed by atoms with Crippen LogP contribution in [-0.4, -0.2) is 60.8 Å². The third-order valence-electron chi connectivity index (χ3n) is 5.11. The minimum absolute atomic E-state index is 0.149. The van der Waals surface area contributed by atoms with Crippen molar-refractivity contribution in [3.05, 3.63) is 22.8 Å². The van der Waals surface area contributed by atoms with Crippen molar-refractivity contribution in [1.29, 1.82) is 0 Å². The third kappa shape index (κ3) is 4.10. The second kappa shape index (κ2) is 8.22. The van der Waals surface area contributed by atoms with E-state index < -0.39 is 0 Å². The zero-order valence-electron chi connectivity index (χ0n) is 16.1. The summed E-state index contributed by atoms with van der Waals surface area (Å²) < 4.78 is 7.00. The van der Waals surface area contributed by atoms with Gasteiger partial charge in [-0.2, -0.15) is 0 Å². The van der Waals surface area contributed by atoms with Crippen molar-refractivity contribution in [2.45, 2.75) is 33.2 Å². The van der Waals surface area contributed by atoms with Gasteiger partial charge in [0.15, 0.2) is 5.13 Å². The number of carbonyl (C=O) groups excluding carboxylic acids is 1. The van der Waals surface area contributed by atoms with Crippen molar-refractivity contribution in [3.8, 4) is 11.3 Å². The van der Waals surface area contributed by atoms with Gasteiger partial charge in [0.25, 0.3) is 0 Å². The monoisotopic (exact) mass is 376 g/mol. The molecule has 0 saturated carbocycles. The number of carbonyl (C=O) groups is 1. The van der Waals surface area contributed by atoms with Crippen LogP contribution >= 0.6 is 11.3 Å². The van der Waals surface area contributed by atoms with Crippen LogP contribution in [0.25, 0.3) is 11.3 Å². The molecule has 0 radical (unpaired) electrons. The Morgan fingerprint density at radius 1 is 1.27 bits per heavy atom. The molecule has 1 aliphatic heterocycles. The quantitative estimate of drug-likeness (QED) is 0.726. The normalized spacial score (nSPS) is 15.5. The van der Waals surface area contributed by atoms with Crippen molar-refractivity contribution in [3.63, 3.8) is 0 Å². The maximum Gasteiger partial charge on any atom is 0.305 e. The smallest absolute Gasteiger partial charge is 0.305 e. The van der Waals surface area contributed by atoms with Gasteiger partial charge in [0.2, 0.25) is 0 Å². The largest absolute Gasteiger partial charge is 0.469 e. The molecular formula is C19H28N4O2S. The van der Waals surface area contributed by atoms with Crippen LogP contribution in [0.15, 0.2) is 11.4 Å². The number of likely N-dealkylation sites (N-methyl/N-ethyl adjacent to an activating group) is 1. The molecule has 3 rings (SSSR count). The zero-order chi connectivity index (χ0) is 18.7. The Labute approximate surface area is 159 Å². The fraction of sp³-hybridized carbons (Fsp3) is 0.579. The SMILES string of the molecule is COC(=O)CCCn1c(C)cc(-c2csc(N3CCN(C)CC3)n2)c1C. The van der Waals surface area contributed by atoms with Crippen LogP contribution in [0.4, 0.5) is 5.13 Å². The first-order valence-corrected chi connectivity index (χ1v) is 10.0. The molecule has 0 amide bonds. The number of aryl methyl sites for hydroxylation is 1. The summed E-state index contributed by atoms with van der Waals surface area (Å²) in [7, 11) is 3.60. The molecule has 3 heterocycles. The van der Waals surface area contributed by atoms with Gasteiger partial charge in [0.1, 0.15) is 0 Å². The van der Waals surface area contributed by atoms with E-state index in [0.29, 0.717) is 6.42 Å². The van der Waals surface area contributed by atoms with Gasteiger partial charge in [-0.3, -0.25) is 4.79 Å². The molecule has 1 saturated heterocycles. The number of methoxy groups -OCH3 is 1. The lowest BCUT2D eigenvalue weighted by Crippen LogP contribution is -2.44. The van der Waals surface area contributed by atoms with Crippen LogP contribution in [-0.2, 0) is 16.1 Å². The van der Waals surface area contributed by atoms with Crippen LogP contribution in [0.5, 0.6) is 0 Å². The number of aromatic nitrogens is 2. The van der Waals surface area contributed by atoms with E-state index in [1.54, 1.807) is 11.3 Å². The van der Waals surface area contributed by atoms with Crippen molar-refractivity contribution in [1.82, 2.24) is 14.5 Å². The Kier molecular flexibility index (Phi) is 5.98. The first kappa shape index (κ1) is 18.9. The lowest BCUT2D eigenvalue weighted by Gasteiger charge is -2.32. The molecule has 0 unspecified atom stereocenters. The fourth-order valence-electron chi connectivity index (χ4n) is 3.42. The Morgan fingerprint density at radius 3 is 2.69 bits per heavy atom. The molecule has 7 heteroatoms. The maximum atomic E-state index is 11.3. The summed E-state index contributed by atoms with van der Waals surface area (Å²) in [4.78, 5) is 21.0. The molecule has 0 atom stereocenters. The van der Waals surface area contributed by atoms with Gasteiger partial charge in [-0.25, -0.2) is 4.98 Å². The highest BCUT2D eigenvalue weighted by atomic mass is 32.1. The molecule has 0 spiro atoms. The van der Waals surface area contributed by atoms with Gasteiger partial charge in [-0.05, 0) is 33.4 Å².